The second-order valence-electron chi connectivity index (χ2n) is 7.69. The number of nitrogens with one attached hydrogen (secondary N) is 1. The summed E-state index contributed by atoms with van der Waals surface area (Å²) in [6, 6.07) is 1.08. The van der Waals surface area contributed by atoms with Gasteiger partial charge >= 0.3 is 12.1 Å². The van der Waals surface area contributed by atoms with Crippen LogP contribution in [0.25, 0.3) is 5.65 Å². The van der Waals surface area contributed by atoms with Crippen molar-refractivity contribution in [2.24, 2.45) is 12.8 Å². The van der Waals surface area contributed by atoms with E-state index in [1.165, 1.54) is 28.6 Å². The number of anilines is 2. The summed E-state index contributed by atoms with van der Waals surface area (Å²) in [5.41, 5.74) is 5.56. The Morgan fingerprint density at radius 2 is 1.97 bits per heavy atom. The summed E-state index contributed by atoms with van der Waals surface area (Å²) in [6.07, 6.45) is -4.46. The van der Waals surface area contributed by atoms with Crippen LogP contribution < -0.4 is 16.0 Å². The first-order valence-corrected chi connectivity index (χ1v) is 10.2. The number of nitrogens with zero attached hydrogens (tertiary/aromatic N) is 6. The number of aryl methyl sites for hydroxylation is 1. The lowest BCUT2D eigenvalue weighted by atomic mass is 10.0. The Morgan fingerprint density at radius 3 is 2.56 bits per heavy atom. The summed E-state index contributed by atoms with van der Waals surface area (Å²) in [4.78, 5) is 27.9. The van der Waals surface area contributed by atoms with Crippen LogP contribution in [0.5, 0.6) is 0 Å². The van der Waals surface area contributed by atoms with Crippen LogP contribution >= 0.6 is 0 Å². The lowest BCUT2D eigenvalue weighted by Gasteiger charge is -2.33. The minimum absolute atomic E-state index is 0.0843. The molecule has 0 aromatic carbocycles. The van der Waals surface area contributed by atoms with Crippen molar-refractivity contribution in [1.29, 1.82) is 0 Å². The minimum atomic E-state index is -5.08. The van der Waals surface area contributed by atoms with Crippen LogP contribution in [0, 0.1) is 0 Å². The summed E-state index contributed by atoms with van der Waals surface area (Å²) in [5, 5.41) is 17.3. The maximum Gasteiger partial charge on any atom is 0.490 e. The standard InChI is InChI=1S/C17H19F3N8O.C2HF3O2/c1-26-8-12(14(25-26)15(19)20)23-17(29)9-6-22-28-5-3-13(24-16(9)28)27-4-2-10(18)11(21)7-27;3-2(4,5)1(6)7/h3,5-6,8,10-11,15H,2,4,7,21H2,1H3,(H,23,29);(H,6,7)/t10-,11+;/m0./s1. The Kier molecular flexibility index (Phi) is 7.71. The van der Waals surface area contributed by atoms with E-state index in [1.807, 2.05) is 4.90 Å². The lowest BCUT2D eigenvalue weighted by Crippen LogP contribution is -2.50. The Bertz CT molecular complexity index is 1240. The van der Waals surface area contributed by atoms with Crippen LogP contribution in [0.1, 0.15) is 28.9 Å². The van der Waals surface area contributed by atoms with E-state index in [1.54, 1.807) is 12.3 Å². The summed E-state index contributed by atoms with van der Waals surface area (Å²) < 4.78 is 74.2. The van der Waals surface area contributed by atoms with Gasteiger partial charge in [-0.15, -0.1) is 0 Å². The van der Waals surface area contributed by atoms with Gasteiger partial charge in [-0.05, 0) is 12.5 Å². The number of carbonyl (C=O) groups is 2. The highest BCUT2D eigenvalue weighted by atomic mass is 19.4. The maximum absolute atomic E-state index is 13.6. The van der Waals surface area contributed by atoms with Crippen molar-refractivity contribution in [1.82, 2.24) is 24.4 Å². The summed E-state index contributed by atoms with van der Waals surface area (Å²) >= 11 is 0. The molecule has 17 heteroatoms. The number of alkyl halides is 6. The number of nitrogens with two attached hydrogens (primary N) is 1. The molecule has 2 atom stereocenters. The third-order valence-corrected chi connectivity index (χ3v) is 5.05. The molecular formula is C19H20F6N8O3. The van der Waals surface area contributed by atoms with E-state index in [9.17, 15) is 31.1 Å². The number of hydrogen-bond acceptors (Lipinski definition) is 7. The first-order chi connectivity index (χ1) is 16.8. The van der Waals surface area contributed by atoms with E-state index < -0.39 is 42.4 Å². The quantitative estimate of drug-likeness (QED) is 0.443. The molecule has 4 N–H and O–H groups in total. The van der Waals surface area contributed by atoms with Crippen molar-refractivity contribution in [3.05, 3.63) is 35.9 Å². The van der Waals surface area contributed by atoms with E-state index in [-0.39, 0.29) is 23.3 Å². The van der Waals surface area contributed by atoms with E-state index in [4.69, 9.17) is 15.6 Å². The normalized spacial score (nSPS) is 18.2. The first-order valence-electron chi connectivity index (χ1n) is 10.2. The molecule has 0 unspecified atom stereocenters. The molecule has 0 spiro atoms. The monoisotopic (exact) mass is 522 g/mol. The Morgan fingerprint density at radius 1 is 1.31 bits per heavy atom. The van der Waals surface area contributed by atoms with E-state index in [0.717, 1.165) is 0 Å². The van der Waals surface area contributed by atoms with Crippen LogP contribution in [-0.4, -0.2) is 72.8 Å². The first kappa shape index (κ1) is 26.7. The Labute approximate surface area is 198 Å². The van der Waals surface area contributed by atoms with Gasteiger partial charge in [0.2, 0.25) is 0 Å². The van der Waals surface area contributed by atoms with E-state index in [2.05, 4.69) is 20.5 Å². The fourth-order valence-electron chi connectivity index (χ4n) is 3.31. The highest BCUT2D eigenvalue weighted by Crippen LogP contribution is 2.26. The molecule has 3 aromatic rings. The third kappa shape index (κ3) is 6.02. The number of carbonyl (C=O) groups excluding carboxylic acids is 1. The zero-order valence-corrected chi connectivity index (χ0v) is 18.5. The number of fused-ring (bicyclic) bond motifs is 1. The summed E-state index contributed by atoms with van der Waals surface area (Å²) in [6.45, 7) is 0.745. The fraction of sp³-hybridized carbons (Fsp3) is 0.421. The maximum atomic E-state index is 13.6. The second kappa shape index (κ2) is 10.4. The highest BCUT2D eigenvalue weighted by Gasteiger charge is 2.38. The van der Waals surface area contributed by atoms with Gasteiger partial charge in [-0.2, -0.15) is 23.4 Å². The van der Waals surface area contributed by atoms with Gasteiger partial charge in [0.25, 0.3) is 12.3 Å². The molecule has 1 aliphatic rings. The number of piperidine rings is 1. The topological polar surface area (TPSA) is 144 Å². The Balaban J connectivity index is 0.000000454. The van der Waals surface area contributed by atoms with Crippen molar-refractivity contribution in [3.8, 4) is 0 Å². The molecule has 11 nitrogen and oxygen atoms in total. The number of aromatic nitrogens is 5. The Hall–Kier alpha value is -3.89. The number of aliphatic carboxylic acids is 1. The largest absolute Gasteiger partial charge is 0.490 e. The average Bonchev–Trinajstić information content (AvgIpc) is 3.38. The minimum Gasteiger partial charge on any atom is -0.475 e. The third-order valence-electron chi connectivity index (χ3n) is 5.05. The summed E-state index contributed by atoms with van der Waals surface area (Å²) in [5.74, 6) is -2.87. The van der Waals surface area contributed by atoms with Gasteiger partial charge in [0.15, 0.2) is 11.3 Å². The number of hydrogen-bond donors (Lipinski definition) is 3. The van der Waals surface area contributed by atoms with Gasteiger partial charge in [-0.1, -0.05) is 0 Å². The van der Waals surface area contributed by atoms with Crippen molar-refractivity contribution >= 4 is 29.0 Å². The van der Waals surface area contributed by atoms with Crippen molar-refractivity contribution < 1.29 is 41.0 Å². The van der Waals surface area contributed by atoms with Gasteiger partial charge in [0, 0.05) is 32.5 Å². The van der Waals surface area contributed by atoms with Crippen LogP contribution in [0.3, 0.4) is 0 Å². The number of rotatable bonds is 4. The number of amides is 1. The van der Waals surface area contributed by atoms with Crippen molar-refractivity contribution in [2.45, 2.75) is 31.2 Å². The molecule has 0 aliphatic carbocycles. The van der Waals surface area contributed by atoms with Gasteiger partial charge < -0.3 is 21.1 Å². The SMILES string of the molecule is Cn1cc(NC(=O)c2cnn3ccc(N4CC[C@H](F)[C@H](N)C4)nc23)c(C(F)F)n1.O=C(O)C(F)(F)F. The molecular weight excluding hydrogens is 502 g/mol. The van der Waals surface area contributed by atoms with Gasteiger partial charge in [0.1, 0.15) is 17.6 Å². The van der Waals surface area contributed by atoms with Crippen molar-refractivity contribution in [2.75, 3.05) is 23.3 Å². The zero-order valence-electron chi connectivity index (χ0n) is 18.5. The average molecular weight is 522 g/mol. The predicted molar refractivity (Wildman–Crippen MR) is 112 cm³/mol. The highest BCUT2D eigenvalue weighted by molar-refractivity contribution is 6.08. The molecule has 1 fully saturated rings. The number of halogens is 6. The van der Waals surface area contributed by atoms with Crippen molar-refractivity contribution in [3.63, 3.8) is 0 Å². The summed E-state index contributed by atoms with van der Waals surface area (Å²) in [7, 11) is 1.48. The van der Waals surface area contributed by atoms with E-state index in [0.29, 0.717) is 18.9 Å². The molecule has 36 heavy (non-hydrogen) atoms. The van der Waals surface area contributed by atoms with Crippen LogP contribution in [0.15, 0.2) is 24.7 Å². The van der Waals surface area contributed by atoms with Gasteiger partial charge in [-0.25, -0.2) is 27.5 Å². The van der Waals surface area contributed by atoms with Crippen LogP contribution in [0.4, 0.5) is 37.8 Å². The molecule has 4 rings (SSSR count). The van der Waals surface area contributed by atoms with Crippen LogP contribution in [-0.2, 0) is 11.8 Å². The van der Waals surface area contributed by atoms with Crippen LogP contribution in [0.2, 0.25) is 0 Å². The molecule has 1 amide bonds. The predicted octanol–water partition coefficient (Wildman–Crippen LogP) is 2.16. The zero-order chi connectivity index (χ0) is 26.8. The lowest BCUT2D eigenvalue weighted by molar-refractivity contribution is -0.192. The second-order valence-corrected chi connectivity index (χ2v) is 7.69. The molecule has 196 valence electrons. The number of carboxylic acid groups (broad SMARTS) is 1. The molecule has 1 aliphatic heterocycles. The molecule has 3 aromatic heterocycles. The molecule has 0 radical (unpaired) electrons. The number of carboxylic acids is 1. The van der Waals surface area contributed by atoms with Gasteiger partial charge in [-0.3, -0.25) is 9.48 Å². The van der Waals surface area contributed by atoms with E-state index >= 15 is 0 Å². The smallest absolute Gasteiger partial charge is 0.475 e. The molecule has 0 saturated carbocycles. The fourth-order valence-corrected chi connectivity index (χ4v) is 3.31. The van der Waals surface area contributed by atoms with Gasteiger partial charge in [0.05, 0.1) is 17.9 Å². The molecule has 1 saturated heterocycles. The molecule has 0 bridgehead atoms. The molecule has 4 heterocycles.